The van der Waals surface area contributed by atoms with Gasteiger partial charge in [0, 0.05) is 30.1 Å². The zero-order chi connectivity index (χ0) is 18.6. The Bertz CT molecular complexity index is 892. The van der Waals surface area contributed by atoms with Crippen molar-refractivity contribution in [2.24, 2.45) is 0 Å². The van der Waals surface area contributed by atoms with Crippen molar-refractivity contribution >= 4 is 27.4 Å². The zero-order valence-electron chi connectivity index (χ0n) is 15.6. The van der Waals surface area contributed by atoms with Crippen molar-refractivity contribution in [3.8, 4) is 16.9 Å². The summed E-state index contributed by atoms with van der Waals surface area (Å²) in [5.74, 6) is 1.89. The summed E-state index contributed by atoms with van der Waals surface area (Å²) in [5.41, 5.74) is 2.32. The first kappa shape index (κ1) is 18.2. The van der Waals surface area contributed by atoms with E-state index in [9.17, 15) is 5.11 Å². The lowest BCUT2D eigenvalue weighted by Gasteiger charge is -2.37. The van der Waals surface area contributed by atoms with E-state index in [-0.39, 0.29) is 6.61 Å². The number of nitrogens with zero attached hydrogens (tertiary/aromatic N) is 3. The highest BCUT2D eigenvalue weighted by atomic mass is 32.1. The highest BCUT2D eigenvalue weighted by molar-refractivity contribution is 7.17. The van der Waals surface area contributed by atoms with Crippen molar-refractivity contribution in [1.29, 1.82) is 0 Å². The van der Waals surface area contributed by atoms with Crippen molar-refractivity contribution < 1.29 is 9.84 Å². The molecular formula is C21H25N3O2S. The van der Waals surface area contributed by atoms with Gasteiger partial charge in [0.15, 0.2) is 0 Å². The average molecular weight is 384 g/mol. The fourth-order valence-corrected chi connectivity index (χ4v) is 4.83. The molecule has 1 atom stereocenters. The van der Waals surface area contributed by atoms with Gasteiger partial charge in [-0.25, -0.2) is 9.97 Å². The molecule has 1 saturated heterocycles. The molecule has 2 aromatic heterocycles. The van der Waals surface area contributed by atoms with Crippen LogP contribution in [-0.4, -0.2) is 40.9 Å². The van der Waals surface area contributed by atoms with Gasteiger partial charge in [-0.2, -0.15) is 0 Å². The lowest BCUT2D eigenvalue weighted by molar-refractivity contribution is 0.262. The zero-order valence-corrected chi connectivity index (χ0v) is 16.4. The number of aliphatic hydroxyl groups is 1. The van der Waals surface area contributed by atoms with Gasteiger partial charge in [-0.1, -0.05) is 12.1 Å². The van der Waals surface area contributed by atoms with Crippen LogP contribution in [0.3, 0.4) is 0 Å². The van der Waals surface area contributed by atoms with Crippen LogP contribution in [-0.2, 0) is 0 Å². The molecule has 0 aliphatic carbocycles. The molecule has 6 heteroatoms. The lowest BCUT2D eigenvalue weighted by atomic mass is 9.98. The van der Waals surface area contributed by atoms with E-state index in [1.54, 1.807) is 17.7 Å². The van der Waals surface area contributed by atoms with Crippen molar-refractivity contribution in [3.05, 3.63) is 36.0 Å². The number of benzene rings is 1. The molecule has 27 heavy (non-hydrogen) atoms. The van der Waals surface area contributed by atoms with Crippen LogP contribution in [0.4, 0.5) is 5.82 Å². The highest BCUT2D eigenvalue weighted by Crippen LogP contribution is 2.40. The van der Waals surface area contributed by atoms with E-state index in [0.717, 1.165) is 53.2 Å². The molecule has 0 spiro atoms. The molecule has 0 amide bonds. The standard InChI is InChI=1S/C21H25N3O2S/c1-2-26-17-8-6-15(7-9-17)18-13-27-21-19(18)20(22-14-23-21)24-11-4-3-5-16(24)10-12-25/h6-9,13-14,16,25H,2-5,10-12H2,1H3. The maximum absolute atomic E-state index is 9.49. The van der Waals surface area contributed by atoms with E-state index in [2.05, 4.69) is 32.4 Å². The Hall–Kier alpha value is -2.18. The van der Waals surface area contributed by atoms with Gasteiger partial charge in [0.1, 0.15) is 22.7 Å². The number of aliphatic hydroxyl groups excluding tert-OH is 1. The maximum Gasteiger partial charge on any atom is 0.141 e. The minimum atomic E-state index is 0.213. The number of thiophene rings is 1. The van der Waals surface area contributed by atoms with Crippen LogP contribution in [0, 0.1) is 0 Å². The number of piperidine rings is 1. The van der Waals surface area contributed by atoms with E-state index in [0.29, 0.717) is 12.6 Å². The SMILES string of the molecule is CCOc1ccc(-c2csc3ncnc(N4CCCCC4CCO)c23)cc1. The summed E-state index contributed by atoms with van der Waals surface area (Å²) in [7, 11) is 0. The first-order valence-corrected chi connectivity index (χ1v) is 10.5. The third-order valence-corrected chi connectivity index (χ3v) is 6.07. The van der Waals surface area contributed by atoms with Crippen molar-refractivity contribution in [2.45, 2.75) is 38.6 Å². The van der Waals surface area contributed by atoms with Crippen LogP contribution in [0.25, 0.3) is 21.3 Å². The summed E-state index contributed by atoms with van der Waals surface area (Å²) >= 11 is 1.66. The molecule has 0 radical (unpaired) electrons. The Balaban J connectivity index is 1.77. The molecule has 142 valence electrons. The second-order valence-corrected chi connectivity index (χ2v) is 7.70. The number of hydrogen-bond acceptors (Lipinski definition) is 6. The first-order valence-electron chi connectivity index (χ1n) is 9.64. The second kappa shape index (κ2) is 8.23. The normalized spacial score (nSPS) is 17.4. The summed E-state index contributed by atoms with van der Waals surface area (Å²) in [6.45, 7) is 3.85. The van der Waals surface area contributed by atoms with Crippen molar-refractivity contribution in [3.63, 3.8) is 0 Å². The Labute approximate surface area is 163 Å². The van der Waals surface area contributed by atoms with Crippen molar-refractivity contribution in [1.82, 2.24) is 9.97 Å². The van der Waals surface area contributed by atoms with Gasteiger partial charge in [-0.15, -0.1) is 11.3 Å². The van der Waals surface area contributed by atoms with Gasteiger partial charge in [-0.3, -0.25) is 0 Å². The van der Waals surface area contributed by atoms with Crippen LogP contribution in [0.15, 0.2) is 36.0 Å². The van der Waals surface area contributed by atoms with Gasteiger partial charge in [0.2, 0.25) is 0 Å². The number of fused-ring (bicyclic) bond motifs is 1. The van der Waals surface area contributed by atoms with Crippen LogP contribution in [0.5, 0.6) is 5.75 Å². The summed E-state index contributed by atoms with van der Waals surface area (Å²) in [5, 5.41) is 12.8. The third kappa shape index (κ3) is 3.64. The van der Waals surface area contributed by atoms with E-state index in [4.69, 9.17) is 4.74 Å². The maximum atomic E-state index is 9.49. The lowest BCUT2D eigenvalue weighted by Crippen LogP contribution is -2.40. The first-order chi connectivity index (χ1) is 13.3. The number of anilines is 1. The Morgan fingerprint density at radius 3 is 2.85 bits per heavy atom. The smallest absolute Gasteiger partial charge is 0.141 e. The van der Waals surface area contributed by atoms with Gasteiger partial charge >= 0.3 is 0 Å². The molecule has 0 bridgehead atoms. The summed E-state index contributed by atoms with van der Waals surface area (Å²) < 4.78 is 5.57. The summed E-state index contributed by atoms with van der Waals surface area (Å²) in [6.07, 6.45) is 5.93. The largest absolute Gasteiger partial charge is 0.494 e. The molecule has 4 rings (SSSR count). The Kier molecular flexibility index (Phi) is 5.55. The number of rotatable bonds is 6. The van der Waals surface area contributed by atoms with E-state index < -0.39 is 0 Å². The van der Waals surface area contributed by atoms with Crippen LogP contribution >= 0.6 is 11.3 Å². The topological polar surface area (TPSA) is 58.5 Å². The minimum absolute atomic E-state index is 0.213. The predicted molar refractivity (Wildman–Crippen MR) is 111 cm³/mol. The molecule has 0 saturated carbocycles. The highest BCUT2D eigenvalue weighted by Gasteiger charge is 2.26. The molecule has 1 aliphatic rings. The molecule has 3 aromatic rings. The fourth-order valence-electron chi connectivity index (χ4n) is 3.92. The average Bonchev–Trinajstić information content (AvgIpc) is 3.14. The Morgan fingerprint density at radius 2 is 2.07 bits per heavy atom. The van der Waals surface area contributed by atoms with E-state index in [1.807, 2.05) is 19.1 Å². The molecule has 1 fully saturated rings. The molecule has 1 unspecified atom stereocenters. The Morgan fingerprint density at radius 1 is 1.22 bits per heavy atom. The second-order valence-electron chi connectivity index (χ2n) is 6.84. The molecular weight excluding hydrogens is 358 g/mol. The van der Waals surface area contributed by atoms with Gasteiger partial charge < -0.3 is 14.7 Å². The number of ether oxygens (including phenoxy) is 1. The van der Waals surface area contributed by atoms with Gasteiger partial charge in [-0.05, 0) is 50.3 Å². The predicted octanol–water partition coefficient (Wildman–Crippen LogP) is 4.50. The van der Waals surface area contributed by atoms with E-state index >= 15 is 0 Å². The number of aromatic nitrogens is 2. The van der Waals surface area contributed by atoms with Gasteiger partial charge in [0.05, 0.1) is 12.0 Å². The molecule has 1 N–H and O–H groups in total. The summed E-state index contributed by atoms with van der Waals surface area (Å²) in [4.78, 5) is 12.6. The van der Waals surface area contributed by atoms with Crippen molar-refractivity contribution in [2.75, 3.05) is 24.7 Å². The molecule has 1 aliphatic heterocycles. The molecule has 3 heterocycles. The van der Waals surface area contributed by atoms with Gasteiger partial charge in [0.25, 0.3) is 0 Å². The fraction of sp³-hybridized carbons (Fsp3) is 0.429. The van der Waals surface area contributed by atoms with E-state index in [1.165, 1.54) is 12.0 Å². The third-order valence-electron chi connectivity index (χ3n) is 5.19. The van der Waals surface area contributed by atoms with Crippen LogP contribution in [0.1, 0.15) is 32.6 Å². The molecule has 1 aromatic carbocycles. The summed E-state index contributed by atoms with van der Waals surface area (Å²) in [6, 6.07) is 8.58. The minimum Gasteiger partial charge on any atom is -0.494 e. The monoisotopic (exact) mass is 383 g/mol. The van der Waals surface area contributed by atoms with Crippen LogP contribution in [0.2, 0.25) is 0 Å². The quantitative estimate of drug-likeness (QED) is 0.679. The number of hydrogen-bond donors (Lipinski definition) is 1. The molecule has 5 nitrogen and oxygen atoms in total. The van der Waals surface area contributed by atoms with Crippen LogP contribution < -0.4 is 9.64 Å².